The number of aliphatic hydroxyl groups excluding tert-OH is 1. The summed E-state index contributed by atoms with van der Waals surface area (Å²) in [4.78, 5) is 0. The monoisotopic (exact) mass is 630 g/mol. The Hall–Kier alpha value is -1.99. The third-order valence-corrected chi connectivity index (χ3v) is 18.7. The van der Waals surface area contributed by atoms with Gasteiger partial charge in [0, 0.05) is 6.61 Å². The number of aliphatic hydroxyl groups is 1. The Labute approximate surface area is 272 Å². The minimum atomic E-state index is -2.50. The van der Waals surface area contributed by atoms with Crippen LogP contribution in [0.5, 0.6) is 0 Å². The highest BCUT2D eigenvalue weighted by molar-refractivity contribution is 6.99. The van der Waals surface area contributed by atoms with E-state index < -0.39 is 16.4 Å². The molecule has 1 N–H and O–H groups in total. The van der Waals surface area contributed by atoms with Crippen LogP contribution in [0.4, 0.5) is 0 Å². The van der Waals surface area contributed by atoms with Crippen LogP contribution in [0.25, 0.3) is 0 Å². The second-order valence-corrected chi connectivity index (χ2v) is 24.7. The molecule has 1 saturated carbocycles. The van der Waals surface area contributed by atoms with E-state index in [1.54, 1.807) is 0 Å². The van der Waals surface area contributed by atoms with Gasteiger partial charge in [-0.05, 0) is 77.7 Å². The summed E-state index contributed by atoms with van der Waals surface area (Å²) in [5, 5.41) is 14.3. The van der Waals surface area contributed by atoms with Gasteiger partial charge in [-0.1, -0.05) is 157 Å². The van der Waals surface area contributed by atoms with Crippen molar-refractivity contribution >= 4 is 26.8 Å². The fraction of sp³-hybridized carbons (Fsp3) is 0.550. The molecule has 0 aromatic heterocycles. The molecule has 0 amide bonds. The first kappa shape index (κ1) is 36.5. The minimum absolute atomic E-state index is 0.0000321. The maximum atomic E-state index is 11.5. The number of allylic oxidation sites excluding steroid dienone is 5. The molecule has 0 radical (unpaired) electrons. The third-order valence-electron chi connectivity index (χ3n) is 9.95. The fourth-order valence-electron chi connectivity index (χ4n) is 7.46. The first-order valence-electron chi connectivity index (χ1n) is 17.4. The molecule has 0 heterocycles. The van der Waals surface area contributed by atoms with Gasteiger partial charge in [-0.25, -0.2) is 0 Å². The summed E-state index contributed by atoms with van der Waals surface area (Å²) in [5.41, 5.74) is 0. The first-order valence-corrected chi connectivity index (χ1v) is 22.8. The molecule has 3 atom stereocenters. The van der Waals surface area contributed by atoms with Gasteiger partial charge in [0.25, 0.3) is 8.32 Å². The zero-order chi connectivity index (χ0) is 32.1. The average molecular weight is 631 g/mol. The van der Waals surface area contributed by atoms with Crippen molar-refractivity contribution in [2.45, 2.75) is 128 Å². The van der Waals surface area contributed by atoms with Crippen molar-refractivity contribution in [3.05, 3.63) is 97.1 Å². The Balaban J connectivity index is 1.56. The van der Waals surface area contributed by atoms with Crippen molar-refractivity contribution in [1.82, 2.24) is 0 Å². The van der Waals surface area contributed by atoms with Gasteiger partial charge in [0.2, 0.25) is 0 Å². The van der Waals surface area contributed by atoms with Gasteiger partial charge >= 0.3 is 0 Å². The lowest BCUT2D eigenvalue weighted by Gasteiger charge is -2.43. The molecule has 0 saturated heterocycles. The van der Waals surface area contributed by atoms with E-state index in [-0.39, 0.29) is 16.2 Å². The molecule has 1 aliphatic rings. The van der Waals surface area contributed by atoms with Gasteiger partial charge in [-0.15, -0.1) is 0 Å². The lowest BCUT2D eigenvalue weighted by Crippen LogP contribution is -2.66. The van der Waals surface area contributed by atoms with Crippen molar-refractivity contribution in [2.24, 2.45) is 5.92 Å². The van der Waals surface area contributed by atoms with Crippen LogP contribution in [0.1, 0.15) is 91.9 Å². The Morgan fingerprint density at radius 2 is 1.36 bits per heavy atom. The summed E-state index contributed by atoms with van der Waals surface area (Å²) in [6.45, 7) is 17.4. The molecule has 0 aliphatic heterocycles. The van der Waals surface area contributed by atoms with Gasteiger partial charge in [0.05, 0.1) is 14.2 Å². The summed E-state index contributed by atoms with van der Waals surface area (Å²) < 4.78 is 7.17. The smallest absolute Gasteiger partial charge is 0.261 e. The van der Waals surface area contributed by atoms with Crippen molar-refractivity contribution < 1.29 is 9.53 Å². The summed E-state index contributed by atoms with van der Waals surface area (Å²) >= 11 is 0. The summed E-state index contributed by atoms with van der Waals surface area (Å²) in [7, 11) is -4.07. The molecule has 0 bridgehead atoms. The highest BCUT2D eigenvalue weighted by atomic mass is 28.4. The molecular weight excluding hydrogens is 569 g/mol. The Bertz CT molecular complexity index is 1130. The predicted octanol–water partition coefficient (Wildman–Crippen LogP) is 10.2. The maximum Gasteiger partial charge on any atom is 0.261 e. The molecule has 3 rings (SSSR count). The molecule has 1 aliphatic carbocycles. The number of unbranched alkanes of at least 4 members (excludes halogenated alkanes) is 3. The van der Waals surface area contributed by atoms with Gasteiger partial charge in [-0.3, -0.25) is 0 Å². The molecular formula is C40H62O2Si2. The van der Waals surface area contributed by atoms with Gasteiger partial charge in [-0.2, -0.15) is 0 Å². The van der Waals surface area contributed by atoms with Crippen LogP contribution < -0.4 is 10.4 Å². The SMILES string of the molecule is CCCCC/C=C/C/C=C/C/C=C/CC(O)C1([Si](C)(C)C)CC1CCCO[Si](c1ccccc1)(c1ccccc1)C(C)(C)C. The van der Waals surface area contributed by atoms with E-state index in [9.17, 15) is 5.11 Å². The van der Waals surface area contributed by atoms with Gasteiger partial charge in [0.15, 0.2) is 0 Å². The normalized spacial score (nSPS) is 20.2. The van der Waals surface area contributed by atoms with E-state index in [2.05, 4.69) is 144 Å². The maximum absolute atomic E-state index is 11.5. The lowest BCUT2D eigenvalue weighted by atomic mass is 10.1. The molecule has 0 spiro atoms. The summed E-state index contributed by atoms with van der Waals surface area (Å²) in [6.07, 6.45) is 24.5. The number of hydrogen-bond acceptors (Lipinski definition) is 2. The molecule has 2 aromatic carbocycles. The van der Waals surface area contributed by atoms with Gasteiger partial charge < -0.3 is 9.53 Å². The second kappa shape index (κ2) is 17.1. The number of rotatable bonds is 19. The third kappa shape index (κ3) is 9.28. The molecule has 2 aromatic rings. The fourth-order valence-corrected chi connectivity index (χ4v) is 15.4. The van der Waals surface area contributed by atoms with Crippen LogP contribution in [0.3, 0.4) is 0 Å². The molecule has 242 valence electrons. The number of benzene rings is 2. The average Bonchev–Trinajstić information content (AvgIpc) is 3.74. The van der Waals surface area contributed by atoms with Crippen LogP contribution in [0.2, 0.25) is 29.7 Å². The molecule has 4 heteroatoms. The predicted molar refractivity (Wildman–Crippen MR) is 198 cm³/mol. The topological polar surface area (TPSA) is 29.5 Å². The Morgan fingerprint density at radius 1 is 0.818 bits per heavy atom. The summed E-state index contributed by atoms with van der Waals surface area (Å²) in [5.74, 6) is 0.601. The van der Waals surface area contributed by atoms with E-state index in [0.717, 1.165) is 38.7 Å². The highest BCUT2D eigenvalue weighted by Crippen LogP contribution is 2.70. The standard InChI is InChI=1S/C40H62O2Si2/c1-8-9-10-11-12-13-14-15-16-17-18-25-32-38(41)40(43(5,6)7)34-35(40)27-26-33-42-44(39(2,3)4,36-28-21-19-22-29-36)37-30-23-20-24-31-37/h12-13,15-16,18-25,28-31,35,38,41H,8-11,14,17,26-27,32-34H2,1-7H3/b13-12+,16-15+,25-18+. The first-order chi connectivity index (χ1) is 21.0. The van der Waals surface area contributed by atoms with Crippen LogP contribution in [-0.2, 0) is 4.43 Å². The Kier molecular flexibility index (Phi) is 14.2. The minimum Gasteiger partial charge on any atom is -0.407 e. The van der Waals surface area contributed by atoms with E-state index in [1.807, 2.05) is 0 Å². The highest BCUT2D eigenvalue weighted by Gasteiger charge is 2.64. The van der Waals surface area contributed by atoms with Crippen LogP contribution >= 0.6 is 0 Å². The van der Waals surface area contributed by atoms with Crippen molar-refractivity contribution in [3.8, 4) is 0 Å². The molecule has 2 nitrogen and oxygen atoms in total. The van der Waals surface area contributed by atoms with Crippen LogP contribution in [-0.4, -0.2) is 34.2 Å². The van der Waals surface area contributed by atoms with E-state index >= 15 is 0 Å². The summed E-state index contributed by atoms with van der Waals surface area (Å²) in [6, 6.07) is 21.9. The largest absolute Gasteiger partial charge is 0.407 e. The van der Waals surface area contributed by atoms with Crippen molar-refractivity contribution in [2.75, 3.05) is 6.61 Å². The van der Waals surface area contributed by atoms with Gasteiger partial charge in [0.1, 0.15) is 0 Å². The second-order valence-electron chi connectivity index (χ2n) is 15.0. The molecule has 1 fully saturated rings. The van der Waals surface area contributed by atoms with Crippen LogP contribution in [0, 0.1) is 5.92 Å². The van der Waals surface area contributed by atoms with E-state index in [1.165, 1.54) is 42.5 Å². The van der Waals surface area contributed by atoms with E-state index in [0.29, 0.717) is 5.92 Å². The zero-order valence-electron chi connectivity index (χ0n) is 29.0. The lowest BCUT2D eigenvalue weighted by molar-refractivity contribution is 0.149. The zero-order valence-corrected chi connectivity index (χ0v) is 31.0. The number of hydrogen-bond donors (Lipinski definition) is 1. The molecule has 44 heavy (non-hydrogen) atoms. The van der Waals surface area contributed by atoms with E-state index in [4.69, 9.17) is 4.43 Å². The Morgan fingerprint density at radius 3 is 1.89 bits per heavy atom. The van der Waals surface area contributed by atoms with Crippen LogP contribution in [0.15, 0.2) is 97.1 Å². The molecule has 3 unspecified atom stereocenters. The van der Waals surface area contributed by atoms with Crippen molar-refractivity contribution in [3.63, 3.8) is 0 Å². The van der Waals surface area contributed by atoms with Crippen molar-refractivity contribution in [1.29, 1.82) is 0 Å². The quantitative estimate of drug-likeness (QED) is 0.0951.